The molecule has 1 saturated carbocycles. The second kappa shape index (κ2) is 6.65. The van der Waals surface area contributed by atoms with Crippen LogP contribution in [0.4, 0.5) is 10.7 Å². The van der Waals surface area contributed by atoms with Crippen LogP contribution in [-0.4, -0.2) is 16.8 Å². The van der Waals surface area contributed by atoms with Gasteiger partial charge in [0.25, 0.3) is 11.8 Å². The number of hydrogen-bond acceptors (Lipinski definition) is 6. The highest BCUT2D eigenvalue weighted by Gasteiger charge is 2.28. The first-order valence-corrected chi connectivity index (χ1v) is 9.64. The Labute approximate surface area is 163 Å². The summed E-state index contributed by atoms with van der Waals surface area (Å²) < 4.78 is 10.8. The molecule has 3 aromatic heterocycles. The normalized spacial score (nSPS) is 13.6. The number of benzene rings is 1. The molecular weight excluding hydrogens is 378 g/mol. The number of aromatic nitrogens is 1. The second-order valence-corrected chi connectivity index (χ2v) is 7.64. The van der Waals surface area contributed by atoms with E-state index < -0.39 is 0 Å². The Morgan fingerprint density at radius 3 is 2.75 bits per heavy atom. The predicted octanol–water partition coefficient (Wildman–Crippen LogP) is 4.86. The molecule has 140 valence electrons. The van der Waals surface area contributed by atoms with Gasteiger partial charge in [-0.2, -0.15) is 0 Å². The van der Waals surface area contributed by atoms with Gasteiger partial charge in [-0.15, -0.1) is 11.3 Å². The molecule has 0 spiro atoms. The van der Waals surface area contributed by atoms with Gasteiger partial charge in [-0.3, -0.25) is 9.59 Å². The van der Waals surface area contributed by atoms with Crippen molar-refractivity contribution in [3.63, 3.8) is 0 Å². The second-order valence-electron chi connectivity index (χ2n) is 6.56. The number of anilines is 2. The Balaban J connectivity index is 1.28. The lowest BCUT2D eigenvalue weighted by Gasteiger charge is -2.03. The van der Waals surface area contributed by atoms with Gasteiger partial charge in [0.1, 0.15) is 5.52 Å². The third-order valence-electron chi connectivity index (χ3n) is 4.40. The van der Waals surface area contributed by atoms with E-state index in [1.165, 1.54) is 17.6 Å². The average Bonchev–Trinajstić information content (AvgIpc) is 3.11. The number of thiophene rings is 1. The van der Waals surface area contributed by atoms with Crippen molar-refractivity contribution in [3.8, 4) is 0 Å². The van der Waals surface area contributed by atoms with Crippen LogP contribution in [0.2, 0.25) is 0 Å². The smallest absolute Gasteiger partial charge is 0.291 e. The Kier molecular flexibility index (Phi) is 3.98. The zero-order chi connectivity index (χ0) is 19.1. The van der Waals surface area contributed by atoms with E-state index in [0.717, 1.165) is 29.8 Å². The van der Waals surface area contributed by atoms with Gasteiger partial charge in [0.2, 0.25) is 0 Å². The number of rotatable bonds is 5. The summed E-state index contributed by atoms with van der Waals surface area (Å²) in [4.78, 5) is 29.5. The molecule has 5 rings (SSSR count). The first kappa shape index (κ1) is 16.8. The number of fused-ring (bicyclic) bond motifs is 1. The van der Waals surface area contributed by atoms with Gasteiger partial charge in [0.15, 0.2) is 17.2 Å². The minimum Gasteiger partial charge on any atom is -0.459 e. The van der Waals surface area contributed by atoms with Crippen LogP contribution in [-0.2, 0) is 0 Å². The highest BCUT2D eigenvalue weighted by molar-refractivity contribution is 7.18. The molecule has 0 unspecified atom stereocenters. The third-order valence-corrected chi connectivity index (χ3v) is 5.40. The van der Waals surface area contributed by atoms with Crippen LogP contribution in [0.15, 0.2) is 57.6 Å². The van der Waals surface area contributed by atoms with Gasteiger partial charge in [-0.1, -0.05) is 0 Å². The van der Waals surface area contributed by atoms with Crippen molar-refractivity contribution in [2.75, 3.05) is 10.6 Å². The lowest BCUT2D eigenvalue weighted by molar-refractivity contribution is 0.0995. The van der Waals surface area contributed by atoms with Crippen molar-refractivity contribution in [3.05, 3.63) is 65.3 Å². The lowest BCUT2D eigenvalue weighted by atomic mass is 10.3. The number of furan rings is 1. The largest absolute Gasteiger partial charge is 0.459 e. The molecule has 1 aromatic carbocycles. The number of hydrogen-bond donors (Lipinski definition) is 2. The minimum absolute atomic E-state index is 0.214. The molecule has 0 atom stereocenters. The molecule has 7 nitrogen and oxygen atoms in total. The van der Waals surface area contributed by atoms with E-state index in [0.29, 0.717) is 21.5 Å². The monoisotopic (exact) mass is 393 g/mol. The molecule has 1 fully saturated rings. The van der Waals surface area contributed by atoms with Crippen molar-refractivity contribution in [2.45, 2.75) is 18.8 Å². The number of oxazole rings is 1. The number of carbonyl (C=O) groups is 2. The fourth-order valence-corrected chi connectivity index (χ4v) is 3.63. The lowest BCUT2D eigenvalue weighted by Crippen LogP contribution is -2.10. The molecule has 1 aliphatic rings. The maximum absolute atomic E-state index is 12.5. The van der Waals surface area contributed by atoms with Gasteiger partial charge in [0.05, 0.1) is 16.1 Å². The fraction of sp³-hybridized carbons (Fsp3) is 0.150. The van der Waals surface area contributed by atoms with Gasteiger partial charge >= 0.3 is 0 Å². The summed E-state index contributed by atoms with van der Waals surface area (Å²) in [5, 5.41) is 6.13. The van der Waals surface area contributed by atoms with Crippen molar-refractivity contribution >= 4 is 44.9 Å². The van der Waals surface area contributed by atoms with E-state index >= 15 is 0 Å². The molecule has 4 aromatic rings. The molecule has 2 amide bonds. The van der Waals surface area contributed by atoms with Crippen molar-refractivity contribution < 1.29 is 18.4 Å². The summed E-state index contributed by atoms with van der Waals surface area (Å²) in [5.41, 5.74) is 2.10. The Hall–Kier alpha value is -3.39. The molecule has 0 saturated heterocycles. The number of carbonyl (C=O) groups excluding carboxylic acids is 2. The van der Waals surface area contributed by atoms with E-state index in [-0.39, 0.29) is 17.6 Å². The third kappa shape index (κ3) is 3.29. The highest BCUT2D eigenvalue weighted by atomic mass is 32.1. The maximum atomic E-state index is 12.5. The van der Waals surface area contributed by atoms with Crippen LogP contribution in [0.25, 0.3) is 11.1 Å². The molecule has 28 heavy (non-hydrogen) atoms. The molecule has 0 aliphatic heterocycles. The molecule has 1 aliphatic carbocycles. The van der Waals surface area contributed by atoms with E-state index in [4.69, 9.17) is 8.83 Å². The summed E-state index contributed by atoms with van der Waals surface area (Å²) in [7, 11) is 0. The van der Waals surface area contributed by atoms with Crippen molar-refractivity contribution in [1.82, 2.24) is 4.98 Å². The SMILES string of the molecule is O=C(Nc1ccc(C(=O)Nc2ccc3oc(C4CC4)nc3c2)s1)c1ccco1. The number of nitrogens with one attached hydrogen (secondary N) is 2. The zero-order valence-electron chi connectivity index (χ0n) is 14.6. The summed E-state index contributed by atoms with van der Waals surface area (Å²) >= 11 is 1.19. The summed E-state index contributed by atoms with van der Waals surface area (Å²) in [6, 6.07) is 12.0. The van der Waals surface area contributed by atoms with Crippen LogP contribution in [0.3, 0.4) is 0 Å². The van der Waals surface area contributed by atoms with Gasteiger partial charge in [-0.05, 0) is 55.3 Å². The standard InChI is InChI=1S/C20H15N3O4S/c24-18(15-2-1-9-26-15)23-17-8-7-16(28-17)19(25)21-12-5-6-14-13(10-12)22-20(27-14)11-3-4-11/h1-2,5-11H,3-4H2,(H,21,25)(H,23,24). The summed E-state index contributed by atoms with van der Waals surface area (Å²) in [6.07, 6.45) is 3.67. The Morgan fingerprint density at radius 2 is 1.96 bits per heavy atom. The predicted molar refractivity (Wildman–Crippen MR) is 105 cm³/mol. The highest BCUT2D eigenvalue weighted by Crippen LogP contribution is 2.40. The van der Waals surface area contributed by atoms with Crippen molar-refractivity contribution in [2.24, 2.45) is 0 Å². The molecule has 0 radical (unpaired) electrons. The van der Waals surface area contributed by atoms with E-state index in [1.54, 1.807) is 36.4 Å². The van der Waals surface area contributed by atoms with E-state index in [1.807, 2.05) is 6.07 Å². The van der Waals surface area contributed by atoms with Gasteiger partial charge < -0.3 is 19.5 Å². The molecular formula is C20H15N3O4S. The summed E-state index contributed by atoms with van der Waals surface area (Å²) in [5.74, 6) is 0.807. The maximum Gasteiger partial charge on any atom is 0.291 e. The fourth-order valence-electron chi connectivity index (χ4n) is 2.83. The quantitative estimate of drug-likeness (QED) is 0.504. The molecule has 8 heteroatoms. The molecule has 3 heterocycles. The van der Waals surface area contributed by atoms with Gasteiger partial charge in [0, 0.05) is 11.6 Å². The summed E-state index contributed by atoms with van der Waals surface area (Å²) in [6.45, 7) is 0. The number of nitrogens with zero attached hydrogens (tertiary/aromatic N) is 1. The first-order valence-electron chi connectivity index (χ1n) is 8.82. The van der Waals surface area contributed by atoms with Crippen LogP contribution in [0.5, 0.6) is 0 Å². The number of amides is 2. The van der Waals surface area contributed by atoms with Crippen LogP contribution < -0.4 is 10.6 Å². The van der Waals surface area contributed by atoms with Crippen LogP contribution in [0.1, 0.15) is 44.9 Å². The van der Waals surface area contributed by atoms with Crippen LogP contribution >= 0.6 is 11.3 Å². The zero-order valence-corrected chi connectivity index (χ0v) is 15.4. The molecule has 2 N–H and O–H groups in total. The van der Waals surface area contributed by atoms with E-state index in [2.05, 4.69) is 15.6 Å². The van der Waals surface area contributed by atoms with Crippen LogP contribution in [0, 0.1) is 0 Å². The average molecular weight is 393 g/mol. The topological polar surface area (TPSA) is 97.4 Å². The molecule has 0 bridgehead atoms. The Morgan fingerprint density at radius 1 is 1.07 bits per heavy atom. The first-order chi connectivity index (χ1) is 13.7. The van der Waals surface area contributed by atoms with E-state index in [9.17, 15) is 9.59 Å². The van der Waals surface area contributed by atoms with Gasteiger partial charge in [-0.25, -0.2) is 4.98 Å². The van der Waals surface area contributed by atoms with Crippen molar-refractivity contribution in [1.29, 1.82) is 0 Å². The Bertz CT molecular complexity index is 1170. The minimum atomic E-state index is -0.359.